The van der Waals surface area contributed by atoms with E-state index in [4.69, 9.17) is 21.3 Å². The minimum atomic E-state index is -0.923. The molecule has 0 aliphatic carbocycles. The number of aromatic nitrogens is 6. The number of hydrogen-bond donors (Lipinski definition) is 7. The highest BCUT2D eigenvalue weighted by molar-refractivity contribution is 9.09. The first kappa shape index (κ1) is 69.5. The minimum Gasteiger partial charge on any atom is -0.480 e. The van der Waals surface area contributed by atoms with Crippen molar-refractivity contribution in [2.45, 2.75) is 82.1 Å². The number of fused-ring (bicyclic) bond motifs is 3. The summed E-state index contributed by atoms with van der Waals surface area (Å²) in [6.45, 7) is 7.54. The van der Waals surface area contributed by atoms with E-state index in [-0.39, 0.29) is 17.7 Å². The van der Waals surface area contributed by atoms with Crippen LogP contribution in [0.1, 0.15) is 96.1 Å². The average molecular weight is 1400 g/mol. The number of nitrogen functional groups attached to an aromatic ring is 2. The number of hydrogen-bond acceptors (Lipinski definition) is 19. The van der Waals surface area contributed by atoms with Gasteiger partial charge in [0.1, 0.15) is 44.0 Å². The van der Waals surface area contributed by atoms with Gasteiger partial charge in [0.05, 0.1) is 35.2 Å². The molecule has 3 aromatic heterocycles. The maximum Gasteiger partial charge on any atom is 0.330 e. The molecule has 3 aliphatic heterocycles. The number of ether oxygens (including phenoxy) is 1. The summed E-state index contributed by atoms with van der Waals surface area (Å²) >= 11 is 6.56. The quantitative estimate of drug-likeness (QED) is 0.0417. The van der Waals surface area contributed by atoms with Crippen molar-refractivity contribution in [2.75, 3.05) is 63.5 Å². The molecule has 0 spiro atoms. The Morgan fingerprint density at radius 1 is 0.474 bits per heavy atom. The van der Waals surface area contributed by atoms with Crippen molar-refractivity contribution in [2.24, 2.45) is 0 Å². The van der Waals surface area contributed by atoms with Crippen LogP contribution in [0.3, 0.4) is 0 Å². The molecule has 14 rings (SSSR count). The molecule has 490 valence electrons. The zero-order valence-corrected chi connectivity index (χ0v) is 56.3. The Bertz CT molecular complexity index is 4330. The third-order valence-electron chi connectivity index (χ3n) is 15.2. The topological polar surface area (TPSA) is 307 Å². The van der Waals surface area contributed by atoms with Crippen molar-refractivity contribution >= 4 is 154 Å². The van der Waals surface area contributed by atoms with E-state index in [0.29, 0.717) is 29.8 Å². The van der Waals surface area contributed by atoms with E-state index >= 15 is 0 Å². The van der Waals surface area contributed by atoms with E-state index in [9.17, 15) is 29.1 Å². The number of nitrogens with zero attached hydrogens (tertiary/aromatic N) is 8. The lowest BCUT2D eigenvalue weighted by Crippen LogP contribution is -2.35. The number of carboxylic acids is 2. The number of nitrogens with two attached hydrogens (primary N) is 2. The summed E-state index contributed by atoms with van der Waals surface area (Å²) in [5.41, 5.74) is 26.1. The van der Waals surface area contributed by atoms with Crippen LogP contribution in [-0.2, 0) is 28.7 Å². The van der Waals surface area contributed by atoms with Gasteiger partial charge in [0, 0.05) is 79.0 Å². The molecule has 6 heterocycles. The van der Waals surface area contributed by atoms with Crippen LogP contribution >= 0.6 is 51.1 Å². The molecule has 25 heteroatoms. The Balaban J connectivity index is 0.000000148. The highest BCUT2D eigenvalue weighted by Crippen LogP contribution is 2.31. The maximum absolute atomic E-state index is 13.4. The fourth-order valence-corrected chi connectivity index (χ4v) is 12.2. The predicted octanol–water partition coefficient (Wildman–Crippen LogP) is 14.6. The molecule has 9 N–H and O–H groups in total. The molecule has 0 radical (unpaired) electrons. The van der Waals surface area contributed by atoms with Gasteiger partial charge in [0.2, 0.25) is 11.8 Å². The molecule has 3 amide bonds. The first-order valence-corrected chi connectivity index (χ1v) is 33.9. The van der Waals surface area contributed by atoms with Gasteiger partial charge < -0.3 is 52.2 Å². The van der Waals surface area contributed by atoms with Gasteiger partial charge >= 0.3 is 11.9 Å². The third kappa shape index (κ3) is 20.1. The minimum absolute atomic E-state index is 0.159. The van der Waals surface area contributed by atoms with Crippen LogP contribution < -0.4 is 37.2 Å². The normalized spacial score (nSPS) is 14.3. The highest BCUT2D eigenvalue weighted by Gasteiger charge is 2.25. The number of rotatable bonds is 13. The van der Waals surface area contributed by atoms with Gasteiger partial charge in [-0.25, -0.2) is 4.79 Å². The summed E-state index contributed by atoms with van der Waals surface area (Å²) < 4.78 is 29.8. The number of carboxylic acid groups (broad SMARTS) is 2. The summed E-state index contributed by atoms with van der Waals surface area (Å²) in [5.74, 6) is -1.58. The number of benzene rings is 8. The Kier molecular flexibility index (Phi) is 25.6. The number of anilines is 7. The van der Waals surface area contributed by atoms with Gasteiger partial charge in [-0.05, 0) is 171 Å². The van der Waals surface area contributed by atoms with Crippen LogP contribution in [0.5, 0.6) is 0 Å². The molecule has 0 saturated carbocycles. The molecule has 3 saturated heterocycles. The van der Waals surface area contributed by atoms with Crippen LogP contribution in [0.15, 0.2) is 182 Å². The van der Waals surface area contributed by atoms with E-state index < -0.39 is 28.8 Å². The van der Waals surface area contributed by atoms with Crippen LogP contribution in [0.2, 0.25) is 0 Å². The lowest BCUT2D eigenvalue weighted by molar-refractivity contribution is -0.138. The van der Waals surface area contributed by atoms with Crippen LogP contribution in [0, 0.1) is 13.8 Å². The lowest BCUT2D eigenvalue weighted by atomic mass is 10.0. The van der Waals surface area contributed by atoms with E-state index in [1.165, 1.54) is 36.3 Å². The number of nitrogens with one attached hydrogen (secondary N) is 3. The molecule has 0 bridgehead atoms. The van der Waals surface area contributed by atoms with Crippen LogP contribution in [-0.4, -0.2) is 92.4 Å². The van der Waals surface area contributed by atoms with Crippen LogP contribution in [0.4, 0.5) is 39.8 Å². The van der Waals surface area contributed by atoms with Crippen molar-refractivity contribution in [3.8, 4) is 0 Å². The van der Waals surface area contributed by atoms with E-state index in [1.807, 2.05) is 175 Å². The Hall–Kier alpha value is -9.79. The smallest absolute Gasteiger partial charge is 0.330 e. The summed E-state index contributed by atoms with van der Waals surface area (Å²) in [6, 6.07) is 54.4. The van der Waals surface area contributed by atoms with Crippen molar-refractivity contribution in [3.63, 3.8) is 0 Å². The fraction of sp³-hybridized carbons (Fsp3) is 0.243. The highest BCUT2D eigenvalue weighted by atomic mass is 79.9. The molecule has 3 unspecified atom stereocenters. The predicted molar refractivity (Wildman–Crippen MR) is 384 cm³/mol. The van der Waals surface area contributed by atoms with Gasteiger partial charge in [-0.1, -0.05) is 107 Å². The number of carbonyl (C=O) groups is 5. The molecule has 3 aliphatic rings. The van der Waals surface area contributed by atoms with Gasteiger partial charge in [0.15, 0.2) is 6.04 Å². The Labute approximate surface area is 570 Å². The number of carbonyl (C=O) groups excluding carboxylic acids is 3. The average Bonchev–Trinajstić information content (AvgIpc) is 1.28. The molecular weight excluding hydrogens is 1330 g/mol. The van der Waals surface area contributed by atoms with E-state index in [0.717, 1.165) is 148 Å². The number of aliphatic carboxylic acids is 2. The van der Waals surface area contributed by atoms with Crippen molar-refractivity contribution in [3.05, 3.63) is 210 Å². The number of amides is 3. The van der Waals surface area contributed by atoms with Gasteiger partial charge in [0.25, 0.3) is 5.91 Å². The van der Waals surface area contributed by atoms with Gasteiger partial charge in [-0.15, -0.1) is 0 Å². The molecule has 21 nitrogen and oxygen atoms in total. The van der Waals surface area contributed by atoms with E-state index in [1.54, 1.807) is 30.3 Å². The largest absolute Gasteiger partial charge is 0.480 e. The SMILES string of the molecule is C1CCOC1.Cc1cc(N)ccc1N1CCCCC1=O.Cc1cc(NC(=O)C(Nc2ccc3nsnc3c2)c2ccccc2)ccc1N1CCCCC1=O.Nc1ccc2nsnc2c1.O=C(O)C(Br)c1ccccc1.O=C(O)C(Nc1ccc2nsnc2c1)c1ccccc1. The van der Waals surface area contributed by atoms with E-state index in [2.05, 4.69) is 58.1 Å². The van der Waals surface area contributed by atoms with Gasteiger partial charge in [-0.3, -0.25) is 19.2 Å². The third-order valence-corrected chi connectivity index (χ3v) is 17.8. The second-order valence-corrected chi connectivity index (χ2v) is 24.7. The molecule has 8 aromatic carbocycles. The summed E-state index contributed by atoms with van der Waals surface area (Å²) in [6.07, 6.45) is 7.88. The van der Waals surface area contributed by atoms with Gasteiger partial charge in [-0.2, -0.15) is 26.2 Å². The Morgan fingerprint density at radius 2 is 0.884 bits per heavy atom. The number of piperidine rings is 2. The van der Waals surface area contributed by atoms with Crippen molar-refractivity contribution in [1.29, 1.82) is 0 Å². The fourth-order valence-electron chi connectivity index (χ4n) is 10.4. The zero-order chi connectivity index (χ0) is 67.1. The lowest BCUT2D eigenvalue weighted by Gasteiger charge is -2.28. The number of aryl methyl sites for hydroxylation is 2. The summed E-state index contributed by atoms with van der Waals surface area (Å²) in [4.78, 5) is 62.5. The summed E-state index contributed by atoms with van der Waals surface area (Å²) in [5, 5.41) is 27.4. The molecule has 95 heavy (non-hydrogen) atoms. The van der Waals surface area contributed by atoms with Crippen molar-refractivity contribution in [1.82, 2.24) is 26.2 Å². The van der Waals surface area contributed by atoms with Crippen LogP contribution in [0.25, 0.3) is 33.1 Å². The first-order chi connectivity index (χ1) is 46.1. The summed E-state index contributed by atoms with van der Waals surface area (Å²) in [7, 11) is 0. The zero-order valence-electron chi connectivity index (χ0n) is 52.2. The molecule has 11 aromatic rings. The standard InChI is InChI=1S/C26H25N5O2S.C14H11N3O2S.C12H16N2O.C8H7BrO2.C6H5N3S.C4H8O/c1-17-15-19(11-13-23(17)31-14-6-5-9-24(31)32)28-26(33)25(18-7-3-2-4-8-18)27-20-10-12-21-22(16-20)30-34-29-21;18-14(19)13(9-4-2-1-3-5-9)15-10-6-7-11-12(8-10)17-20-16-11;1-9-8-10(13)5-6-11(9)14-7-3-2-4-12(14)15;9-7(8(10)11)6-4-2-1-3-5-6;7-4-1-2-5-6(3-4)9-10-8-5;1-2-4-5-3-1/h2-4,7-8,10-13,15-16,25,27H,5-6,9,14H2,1H3,(H,28,33);1-8,13,15H,(H,18,19);5-6,8H,2-4,7,13H2,1H3;1-5,7H,(H,10,11);1-3H,7H2;1-4H2. The second kappa shape index (κ2) is 34.9. The number of alkyl halides is 1. The number of halogens is 1. The monoisotopic (exact) mass is 1400 g/mol. The maximum atomic E-state index is 13.4. The molecule has 3 fully saturated rings. The molecular formula is C70H72BrN13O8S3. The first-order valence-electron chi connectivity index (χ1n) is 30.7. The Morgan fingerprint density at radius 3 is 1.34 bits per heavy atom. The molecule has 3 atom stereocenters. The second-order valence-electron chi connectivity index (χ2n) is 22.2. The van der Waals surface area contributed by atoms with Crippen molar-refractivity contribution < 1.29 is 38.9 Å².